The molecule has 0 saturated carbocycles. The van der Waals surface area contributed by atoms with E-state index in [1.165, 1.54) is 11.3 Å². The molecule has 2 rings (SSSR count). The quantitative estimate of drug-likeness (QED) is 0.906. The van der Waals surface area contributed by atoms with Gasteiger partial charge in [0.1, 0.15) is 16.7 Å². The second kappa shape index (κ2) is 5.46. The average molecular weight is 284 g/mol. The number of hydrogen-bond acceptors (Lipinski definition) is 5. The Balaban J connectivity index is 1.91. The maximum atomic E-state index is 11.9. The molecule has 19 heavy (non-hydrogen) atoms. The van der Waals surface area contributed by atoms with Gasteiger partial charge in [-0.15, -0.1) is 11.3 Å². The summed E-state index contributed by atoms with van der Waals surface area (Å²) >= 11 is 1.44. The Hall–Kier alpha value is -1.14. The van der Waals surface area contributed by atoms with E-state index in [-0.39, 0.29) is 12.0 Å². The molecule has 2 heterocycles. The Bertz CT molecular complexity index is 428. The van der Waals surface area contributed by atoms with Gasteiger partial charge in [-0.1, -0.05) is 0 Å². The lowest BCUT2D eigenvalue weighted by Gasteiger charge is -2.24. The third-order valence-electron chi connectivity index (χ3n) is 3.03. The maximum absolute atomic E-state index is 11.9. The molecule has 5 nitrogen and oxygen atoms in total. The lowest BCUT2D eigenvalue weighted by Crippen LogP contribution is -2.35. The topological polar surface area (TPSA) is 62.7 Å². The summed E-state index contributed by atoms with van der Waals surface area (Å²) in [5, 5.41) is 12.8. The molecule has 1 aromatic rings. The van der Waals surface area contributed by atoms with Crippen molar-refractivity contribution in [1.82, 2.24) is 9.88 Å². The molecule has 1 aliphatic heterocycles. The van der Waals surface area contributed by atoms with Crippen molar-refractivity contribution in [3.8, 4) is 0 Å². The molecule has 1 aliphatic rings. The number of likely N-dealkylation sites (tertiary alicyclic amines) is 1. The molecular weight excluding hydrogens is 264 g/mol. The molecule has 0 radical (unpaired) electrons. The first-order valence-corrected chi connectivity index (χ1v) is 7.30. The highest BCUT2D eigenvalue weighted by molar-refractivity contribution is 7.09. The van der Waals surface area contributed by atoms with Crippen LogP contribution in [0.2, 0.25) is 0 Å². The van der Waals surface area contributed by atoms with E-state index >= 15 is 0 Å². The first-order valence-electron chi connectivity index (χ1n) is 6.42. The fourth-order valence-corrected chi connectivity index (χ4v) is 2.83. The van der Waals surface area contributed by atoms with Crippen molar-refractivity contribution >= 4 is 17.4 Å². The SMILES string of the molecule is CC(C)(C)OC(=O)N1CC[C@H]([C@@H](O)c2nccs2)C1. The van der Waals surface area contributed by atoms with E-state index in [1.54, 1.807) is 11.1 Å². The number of nitrogens with zero attached hydrogens (tertiary/aromatic N) is 2. The van der Waals surface area contributed by atoms with Gasteiger partial charge in [0.2, 0.25) is 0 Å². The van der Waals surface area contributed by atoms with Gasteiger partial charge in [0, 0.05) is 30.6 Å². The molecule has 1 aromatic heterocycles. The Kier molecular flexibility index (Phi) is 4.10. The van der Waals surface area contributed by atoms with Crippen LogP contribution >= 0.6 is 11.3 Å². The normalized spacial score (nSPS) is 21.5. The number of carbonyl (C=O) groups excluding carboxylic acids is 1. The predicted molar refractivity (Wildman–Crippen MR) is 73.0 cm³/mol. The van der Waals surface area contributed by atoms with Crippen molar-refractivity contribution < 1.29 is 14.6 Å². The molecule has 1 N–H and O–H groups in total. The number of amides is 1. The van der Waals surface area contributed by atoms with E-state index in [0.29, 0.717) is 13.1 Å². The summed E-state index contributed by atoms with van der Waals surface area (Å²) < 4.78 is 5.33. The number of aliphatic hydroxyl groups is 1. The Morgan fingerprint density at radius 1 is 1.63 bits per heavy atom. The minimum absolute atomic E-state index is 0.0404. The summed E-state index contributed by atoms with van der Waals surface area (Å²) in [4.78, 5) is 17.7. The summed E-state index contributed by atoms with van der Waals surface area (Å²) in [5.41, 5.74) is -0.483. The van der Waals surface area contributed by atoms with Gasteiger partial charge in [0.05, 0.1) is 0 Å². The smallest absolute Gasteiger partial charge is 0.410 e. The number of ether oxygens (including phenoxy) is 1. The standard InChI is InChI=1S/C13H20N2O3S/c1-13(2,3)18-12(17)15-6-4-9(8-15)10(16)11-14-5-7-19-11/h5,7,9-10,16H,4,6,8H2,1-3H3/t9-,10+/m0/s1. The number of aliphatic hydroxyl groups excluding tert-OH is 1. The number of aromatic nitrogens is 1. The van der Waals surface area contributed by atoms with E-state index in [2.05, 4.69) is 4.98 Å². The van der Waals surface area contributed by atoms with Crippen LogP contribution in [0.15, 0.2) is 11.6 Å². The predicted octanol–water partition coefficient (Wildman–Crippen LogP) is 2.43. The van der Waals surface area contributed by atoms with Crippen molar-refractivity contribution in [2.45, 2.75) is 38.9 Å². The zero-order chi connectivity index (χ0) is 14.0. The molecular formula is C13H20N2O3S. The van der Waals surface area contributed by atoms with Gasteiger partial charge in [-0.25, -0.2) is 9.78 Å². The Labute approximate surface area is 117 Å². The zero-order valence-electron chi connectivity index (χ0n) is 11.5. The van der Waals surface area contributed by atoms with Crippen LogP contribution < -0.4 is 0 Å². The van der Waals surface area contributed by atoms with E-state index in [4.69, 9.17) is 4.74 Å². The molecule has 1 fully saturated rings. The number of hydrogen-bond donors (Lipinski definition) is 1. The van der Waals surface area contributed by atoms with E-state index in [1.807, 2.05) is 26.2 Å². The zero-order valence-corrected chi connectivity index (χ0v) is 12.3. The number of carbonyl (C=O) groups is 1. The average Bonchev–Trinajstić information content (AvgIpc) is 2.98. The van der Waals surface area contributed by atoms with Gasteiger partial charge in [-0.2, -0.15) is 0 Å². The van der Waals surface area contributed by atoms with Crippen LogP contribution in [0, 0.1) is 5.92 Å². The molecule has 1 saturated heterocycles. The summed E-state index contributed by atoms with van der Waals surface area (Å²) in [6, 6.07) is 0. The minimum Gasteiger partial charge on any atom is -0.444 e. The highest BCUT2D eigenvalue weighted by Gasteiger charge is 2.34. The van der Waals surface area contributed by atoms with Gasteiger partial charge < -0.3 is 14.7 Å². The summed E-state index contributed by atoms with van der Waals surface area (Å²) in [5.74, 6) is 0.0404. The molecule has 1 amide bonds. The minimum atomic E-state index is -0.590. The second-order valence-corrected chi connectivity index (χ2v) is 6.72. The lowest BCUT2D eigenvalue weighted by atomic mass is 10.0. The van der Waals surface area contributed by atoms with Crippen LogP contribution in [0.3, 0.4) is 0 Å². The van der Waals surface area contributed by atoms with Crippen LogP contribution in [-0.2, 0) is 4.74 Å². The second-order valence-electron chi connectivity index (χ2n) is 5.79. The van der Waals surface area contributed by atoms with E-state index < -0.39 is 11.7 Å². The largest absolute Gasteiger partial charge is 0.444 e. The van der Waals surface area contributed by atoms with Crippen molar-refractivity contribution in [3.05, 3.63) is 16.6 Å². The summed E-state index contributed by atoms with van der Waals surface area (Å²) in [6.45, 7) is 6.70. The van der Waals surface area contributed by atoms with Gasteiger partial charge in [0.25, 0.3) is 0 Å². The van der Waals surface area contributed by atoms with Gasteiger partial charge in [-0.05, 0) is 27.2 Å². The maximum Gasteiger partial charge on any atom is 0.410 e. The first kappa shape index (κ1) is 14.3. The highest BCUT2D eigenvalue weighted by Crippen LogP contribution is 2.31. The lowest BCUT2D eigenvalue weighted by molar-refractivity contribution is 0.0268. The summed E-state index contributed by atoms with van der Waals surface area (Å²) in [6.07, 6.45) is 1.57. The third-order valence-corrected chi connectivity index (χ3v) is 3.87. The van der Waals surface area contributed by atoms with Crippen LogP contribution in [0.25, 0.3) is 0 Å². The fraction of sp³-hybridized carbons (Fsp3) is 0.692. The van der Waals surface area contributed by atoms with Crippen LogP contribution in [0.4, 0.5) is 4.79 Å². The molecule has 2 atom stereocenters. The summed E-state index contributed by atoms with van der Waals surface area (Å²) in [7, 11) is 0. The van der Waals surface area contributed by atoms with Crippen molar-refractivity contribution in [3.63, 3.8) is 0 Å². The Morgan fingerprint density at radius 2 is 2.37 bits per heavy atom. The first-order chi connectivity index (χ1) is 8.87. The van der Waals surface area contributed by atoms with Crippen LogP contribution in [0.1, 0.15) is 38.3 Å². The van der Waals surface area contributed by atoms with Crippen molar-refractivity contribution in [2.75, 3.05) is 13.1 Å². The van der Waals surface area contributed by atoms with E-state index in [0.717, 1.165) is 11.4 Å². The number of rotatable bonds is 2. The van der Waals surface area contributed by atoms with Crippen molar-refractivity contribution in [2.24, 2.45) is 5.92 Å². The number of thiazole rings is 1. The van der Waals surface area contributed by atoms with E-state index in [9.17, 15) is 9.90 Å². The van der Waals surface area contributed by atoms with Crippen LogP contribution in [0.5, 0.6) is 0 Å². The molecule has 0 spiro atoms. The van der Waals surface area contributed by atoms with Crippen LogP contribution in [-0.4, -0.2) is 39.8 Å². The van der Waals surface area contributed by atoms with Gasteiger partial charge in [0.15, 0.2) is 0 Å². The highest BCUT2D eigenvalue weighted by atomic mass is 32.1. The molecule has 106 valence electrons. The third kappa shape index (κ3) is 3.67. The van der Waals surface area contributed by atoms with Gasteiger partial charge in [-0.3, -0.25) is 0 Å². The molecule has 6 heteroatoms. The van der Waals surface area contributed by atoms with Crippen molar-refractivity contribution in [1.29, 1.82) is 0 Å². The molecule has 0 unspecified atom stereocenters. The van der Waals surface area contributed by atoms with Gasteiger partial charge >= 0.3 is 6.09 Å². The fourth-order valence-electron chi connectivity index (χ4n) is 2.12. The Morgan fingerprint density at radius 3 is 2.95 bits per heavy atom. The molecule has 0 bridgehead atoms. The molecule has 0 aromatic carbocycles. The monoisotopic (exact) mass is 284 g/mol. The molecule has 0 aliphatic carbocycles.